The summed E-state index contributed by atoms with van der Waals surface area (Å²) in [6.45, 7) is 0. The highest BCUT2D eigenvalue weighted by molar-refractivity contribution is 6.38. The number of carbonyl (C=O) groups excluding carboxylic acids is 1. The van der Waals surface area contributed by atoms with Gasteiger partial charge in [-0.3, -0.25) is 0 Å². The summed E-state index contributed by atoms with van der Waals surface area (Å²) in [6.07, 6.45) is 0. The number of fused-ring (bicyclic) bond motifs is 3. The van der Waals surface area contributed by atoms with Crippen molar-refractivity contribution in [3.8, 4) is 16.9 Å². The fraction of sp³-hybridized carbons (Fsp3) is 0.0476. The smallest absolute Gasteiger partial charge is 0.418 e. The Hall–Kier alpha value is -3.49. The van der Waals surface area contributed by atoms with Crippen LogP contribution >= 0.6 is 0 Å². The molecule has 0 bridgehead atoms. The van der Waals surface area contributed by atoms with Gasteiger partial charge >= 0.3 is 11.7 Å². The summed E-state index contributed by atoms with van der Waals surface area (Å²) in [5.41, 5.74) is 13.5. The Balaban J connectivity index is 1.77. The van der Waals surface area contributed by atoms with E-state index in [0.29, 0.717) is 5.75 Å². The summed E-state index contributed by atoms with van der Waals surface area (Å²) in [6, 6.07) is 24.4. The third-order valence-corrected chi connectivity index (χ3v) is 4.38. The standard InChI is InChI=1S/C21H14N2O2/c22-23-20(21(24)25-14-8-2-1-3-9-14)19-17-12-6-4-10-15(17)16-11-5-7-13-18(16)19/h1-13,19H. The lowest BCUT2D eigenvalue weighted by molar-refractivity contribution is -0.132. The van der Waals surface area contributed by atoms with Crippen LogP contribution in [0.15, 0.2) is 78.9 Å². The lowest BCUT2D eigenvalue weighted by Gasteiger charge is -2.09. The zero-order valence-corrected chi connectivity index (χ0v) is 13.3. The Bertz CT molecular complexity index is 960. The zero-order valence-electron chi connectivity index (χ0n) is 13.3. The van der Waals surface area contributed by atoms with Crippen molar-refractivity contribution in [1.29, 1.82) is 0 Å². The summed E-state index contributed by atoms with van der Waals surface area (Å²) in [5, 5.41) is 0. The first kappa shape index (κ1) is 15.1. The molecule has 3 aromatic rings. The highest BCUT2D eigenvalue weighted by Gasteiger charge is 2.41. The summed E-state index contributed by atoms with van der Waals surface area (Å²) >= 11 is 0. The van der Waals surface area contributed by atoms with Gasteiger partial charge in [0.25, 0.3) is 0 Å². The topological polar surface area (TPSA) is 62.7 Å². The number of carbonyl (C=O) groups is 1. The zero-order chi connectivity index (χ0) is 17.2. The van der Waals surface area contributed by atoms with E-state index in [1.54, 1.807) is 24.3 Å². The quantitative estimate of drug-likeness (QED) is 0.239. The van der Waals surface area contributed by atoms with Crippen molar-refractivity contribution in [2.24, 2.45) is 0 Å². The monoisotopic (exact) mass is 326 g/mol. The van der Waals surface area contributed by atoms with Gasteiger partial charge in [-0.2, -0.15) is 4.79 Å². The molecule has 1 aliphatic rings. The maximum atomic E-state index is 12.6. The van der Waals surface area contributed by atoms with Gasteiger partial charge in [0.2, 0.25) is 0 Å². The van der Waals surface area contributed by atoms with E-state index >= 15 is 0 Å². The highest BCUT2D eigenvalue weighted by Crippen LogP contribution is 2.45. The first-order valence-electron chi connectivity index (χ1n) is 7.97. The minimum atomic E-state index is -0.662. The molecule has 0 amide bonds. The average molecular weight is 326 g/mol. The van der Waals surface area contributed by atoms with E-state index < -0.39 is 11.9 Å². The Morgan fingerprint density at radius 1 is 0.800 bits per heavy atom. The van der Waals surface area contributed by atoms with Gasteiger partial charge in [-0.05, 0) is 34.4 Å². The first-order valence-corrected chi connectivity index (χ1v) is 7.97. The molecule has 0 fully saturated rings. The summed E-state index contributed by atoms with van der Waals surface area (Å²) in [5.74, 6) is -0.702. The molecule has 0 aromatic heterocycles. The van der Waals surface area contributed by atoms with E-state index in [1.807, 2.05) is 54.6 Å². The predicted octanol–water partition coefficient (Wildman–Crippen LogP) is 4.08. The van der Waals surface area contributed by atoms with Crippen molar-refractivity contribution in [3.63, 3.8) is 0 Å². The number of para-hydroxylation sites is 1. The van der Waals surface area contributed by atoms with Crippen LogP contribution < -0.4 is 4.74 Å². The van der Waals surface area contributed by atoms with Crippen molar-refractivity contribution < 1.29 is 14.3 Å². The van der Waals surface area contributed by atoms with E-state index in [0.717, 1.165) is 22.3 Å². The molecule has 3 aromatic carbocycles. The van der Waals surface area contributed by atoms with Crippen molar-refractivity contribution in [3.05, 3.63) is 95.5 Å². The molecule has 0 saturated heterocycles. The maximum Gasteiger partial charge on any atom is 0.423 e. The minimum Gasteiger partial charge on any atom is -0.418 e. The molecule has 25 heavy (non-hydrogen) atoms. The normalized spacial score (nSPS) is 12.0. The van der Waals surface area contributed by atoms with Gasteiger partial charge in [0.15, 0.2) is 0 Å². The molecule has 0 radical (unpaired) electrons. The third kappa shape index (κ3) is 2.55. The lowest BCUT2D eigenvalue weighted by atomic mass is 9.92. The van der Waals surface area contributed by atoms with Crippen LogP contribution in [0.5, 0.6) is 5.75 Å². The fourth-order valence-corrected chi connectivity index (χ4v) is 3.31. The van der Waals surface area contributed by atoms with Gasteiger partial charge in [-0.1, -0.05) is 66.7 Å². The minimum absolute atomic E-state index is 0.0266. The molecule has 0 saturated carbocycles. The molecule has 0 unspecified atom stereocenters. The van der Waals surface area contributed by atoms with Crippen LogP contribution in [0.1, 0.15) is 17.0 Å². The van der Waals surface area contributed by atoms with Gasteiger partial charge in [0.1, 0.15) is 11.7 Å². The second-order valence-electron chi connectivity index (χ2n) is 5.80. The molecule has 0 spiro atoms. The summed E-state index contributed by atoms with van der Waals surface area (Å²) in [7, 11) is 0. The number of ether oxygens (including phenoxy) is 1. The number of nitrogens with zero attached hydrogens (tertiary/aromatic N) is 2. The Kier molecular flexibility index (Phi) is 3.73. The van der Waals surface area contributed by atoms with Gasteiger partial charge in [0.05, 0.1) is 0 Å². The van der Waals surface area contributed by atoms with Gasteiger partial charge in [0, 0.05) is 0 Å². The molecule has 0 aliphatic heterocycles. The maximum absolute atomic E-state index is 12.6. The van der Waals surface area contributed by atoms with Crippen LogP contribution in [0.25, 0.3) is 16.7 Å². The van der Waals surface area contributed by atoms with Crippen LogP contribution in [0.2, 0.25) is 0 Å². The first-order chi connectivity index (χ1) is 12.3. The van der Waals surface area contributed by atoms with Crippen molar-refractivity contribution in [2.45, 2.75) is 5.92 Å². The van der Waals surface area contributed by atoms with E-state index in [9.17, 15) is 10.3 Å². The Morgan fingerprint density at radius 3 is 1.88 bits per heavy atom. The third-order valence-electron chi connectivity index (χ3n) is 4.38. The number of rotatable bonds is 3. The molecule has 0 atom stereocenters. The summed E-state index contributed by atoms with van der Waals surface area (Å²) < 4.78 is 5.38. The van der Waals surface area contributed by atoms with Gasteiger partial charge < -0.3 is 10.3 Å². The van der Waals surface area contributed by atoms with E-state index in [-0.39, 0.29) is 5.71 Å². The highest BCUT2D eigenvalue weighted by atomic mass is 16.5. The van der Waals surface area contributed by atoms with Crippen molar-refractivity contribution >= 4 is 11.7 Å². The second kappa shape index (κ2) is 6.19. The molecular weight excluding hydrogens is 312 g/mol. The van der Waals surface area contributed by atoms with Crippen molar-refractivity contribution in [2.75, 3.05) is 0 Å². The van der Waals surface area contributed by atoms with E-state index in [1.165, 1.54) is 0 Å². The molecular formula is C21H14N2O2. The van der Waals surface area contributed by atoms with E-state index in [2.05, 4.69) is 4.79 Å². The largest absolute Gasteiger partial charge is 0.423 e. The molecule has 120 valence electrons. The van der Waals surface area contributed by atoms with Gasteiger partial charge in [-0.25, -0.2) is 4.79 Å². The Morgan fingerprint density at radius 2 is 1.32 bits per heavy atom. The molecule has 1 aliphatic carbocycles. The second-order valence-corrected chi connectivity index (χ2v) is 5.80. The number of hydrogen-bond acceptors (Lipinski definition) is 2. The molecule has 4 heteroatoms. The van der Waals surface area contributed by atoms with Crippen LogP contribution in [0.4, 0.5) is 0 Å². The Labute approximate surface area is 144 Å². The SMILES string of the molecule is [N-]=[N+]=C(C(=O)Oc1ccccc1)C1c2ccccc2-c2ccccc21. The average Bonchev–Trinajstić information content (AvgIpc) is 2.98. The number of hydrogen-bond donors (Lipinski definition) is 0. The van der Waals surface area contributed by atoms with Crippen LogP contribution in [0, 0.1) is 0 Å². The molecule has 4 nitrogen and oxygen atoms in total. The molecule has 4 rings (SSSR count). The fourth-order valence-electron chi connectivity index (χ4n) is 3.31. The number of benzene rings is 3. The van der Waals surface area contributed by atoms with Crippen LogP contribution in [0.3, 0.4) is 0 Å². The molecule has 0 N–H and O–H groups in total. The number of esters is 1. The van der Waals surface area contributed by atoms with E-state index in [4.69, 9.17) is 4.74 Å². The van der Waals surface area contributed by atoms with Crippen LogP contribution in [-0.2, 0) is 4.79 Å². The van der Waals surface area contributed by atoms with Gasteiger partial charge in [-0.15, -0.1) is 0 Å². The van der Waals surface area contributed by atoms with Crippen molar-refractivity contribution in [1.82, 2.24) is 0 Å². The summed E-state index contributed by atoms with van der Waals surface area (Å²) in [4.78, 5) is 15.9. The lowest BCUT2D eigenvalue weighted by Crippen LogP contribution is -2.27. The predicted molar refractivity (Wildman–Crippen MR) is 94.4 cm³/mol. The van der Waals surface area contributed by atoms with Crippen LogP contribution in [-0.4, -0.2) is 16.5 Å². The molecule has 0 heterocycles.